The minimum atomic E-state index is 0.241. The number of nitrogens with zero attached hydrogens (tertiary/aromatic N) is 3. The first-order chi connectivity index (χ1) is 9.65. The molecule has 0 spiro atoms. The highest BCUT2D eigenvalue weighted by Gasteiger charge is 2.25. The van der Waals surface area contributed by atoms with E-state index in [1.807, 2.05) is 0 Å². The lowest BCUT2D eigenvalue weighted by Gasteiger charge is -2.37. The molecule has 1 aromatic rings. The van der Waals surface area contributed by atoms with Crippen molar-refractivity contribution in [3.05, 3.63) is 11.9 Å². The van der Waals surface area contributed by atoms with E-state index in [9.17, 15) is 0 Å². The molecule has 0 amide bonds. The lowest BCUT2D eigenvalue weighted by molar-refractivity contribution is -0.00550. The zero-order valence-corrected chi connectivity index (χ0v) is 13.0. The van der Waals surface area contributed by atoms with Crippen LogP contribution >= 0.6 is 0 Å². The van der Waals surface area contributed by atoms with Crippen LogP contribution in [0.4, 0.5) is 11.6 Å². The first-order valence-corrected chi connectivity index (χ1v) is 7.63. The average Bonchev–Trinajstić information content (AvgIpc) is 2.43. The number of nitrogens with one attached hydrogen (secondary N) is 1. The number of hydrogen-bond donors (Lipinski definition) is 1. The van der Waals surface area contributed by atoms with Crippen molar-refractivity contribution in [3.8, 4) is 0 Å². The Bertz CT molecular complexity index is 428. The fraction of sp³-hybridized carbons (Fsp3) is 0.733. The molecular weight excluding hydrogens is 252 g/mol. The lowest BCUT2D eigenvalue weighted by atomic mass is 10.1. The maximum atomic E-state index is 5.81. The second-order valence-electron chi connectivity index (χ2n) is 5.47. The summed E-state index contributed by atoms with van der Waals surface area (Å²) in [5.41, 5.74) is 1.21. The third-order valence-corrected chi connectivity index (χ3v) is 3.54. The Morgan fingerprint density at radius 1 is 1.25 bits per heavy atom. The molecule has 1 saturated heterocycles. The van der Waals surface area contributed by atoms with E-state index in [1.165, 1.54) is 5.56 Å². The number of ether oxygens (including phenoxy) is 1. The highest BCUT2D eigenvalue weighted by molar-refractivity contribution is 5.59. The molecule has 112 valence electrons. The number of rotatable bonds is 5. The molecule has 20 heavy (non-hydrogen) atoms. The van der Waals surface area contributed by atoms with Crippen LogP contribution in [0.3, 0.4) is 0 Å². The molecule has 2 atom stereocenters. The van der Waals surface area contributed by atoms with Crippen LogP contribution < -0.4 is 10.2 Å². The topological polar surface area (TPSA) is 50.3 Å². The van der Waals surface area contributed by atoms with Crippen LogP contribution in [0.1, 0.15) is 39.7 Å². The van der Waals surface area contributed by atoms with Gasteiger partial charge in [0.15, 0.2) is 0 Å². The molecule has 5 heteroatoms. The van der Waals surface area contributed by atoms with Crippen LogP contribution in [0.25, 0.3) is 0 Å². The molecule has 2 heterocycles. The normalized spacial score (nSPS) is 22.9. The van der Waals surface area contributed by atoms with Crippen molar-refractivity contribution in [1.82, 2.24) is 9.97 Å². The molecule has 1 aliphatic rings. The summed E-state index contributed by atoms with van der Waals surface area (Å²) in [6.45, 7) is 11.3. The largest absolute Gasteiger partial charge is 0.372 e. The first-order valence-electron chi connectivity index (χ1n) is 7.63. The van der Waals surface area contributed by atoms with Gasteiger partial charge in [0.25, 0.3) is 0 Å². The van der Waals surface area contributed by atoms with Gasteiger partial charge in [0.2, 0.25) is 0 Å². The van der Waals surface area contributed by atoms with E-state index < -0.39 is 0 Å². The summed E-state index contributed by atoms with van der Waals surface area (Å²) in [6.07, 6.45) is 4.17. The number of morpholine rings is 1. The molecule has 0 bridgehead atoms. The third-order valence-electron chi connectivity index (χ3n) is 3.54. The van der Waals surface area contributed by atoms with E-state index in [0.717, 1.165) is 44.1 Å². The molecule has 1 aliphatic heterocycles. The summed E-state index contributed by atoms with van der Waals surface area (Å²) in [5.74, 6) is 2.04. The smallest absolute Gasteiger partial charge is 0.137 e. The zero-order valence-electron chi connectivity index (χ0n) is 13.0. The summed E-state index contributed by atoms with van der Waals surface area (Å²) < 4.78 is 5.81. The molecule has 0 aromatic carbocycles. The number of aromatic nitrogens is 2. The van der Waals surface area contributed by atoms with Gasteiger partial charge in [-0.2, -0.15) is 0 Å². The van der Waals surface area contributed by atoms with Crippen LogP contribution in [-0.2, 0) is 11.2 Å². The quantitative estimate of drug-likeness (QED) is 0.896. The summed E-state index contributed by atoms with van der Waals surface area (Å²) in [6, 6.07) is 0. The summed E-state index contributed by atoms with van der Waals surface area (Å²) in [4.78, 5) is 11.3. The summed E-state index contributed by atoms with van der Waals surface area (Å²) in [7, 11) is 0. The van der Waals surface area contributed by atoms with Gasteiger partial charge in [0.05, 0.1) is 12.2 Å². The van der Waals surface area contributed by atoms with Crippen LogP contribution in [0.5, 0.6) is 0 Å². The molecule has 0 aliphatic carbocycles. The zero-order chi connectivity index (χ0) is 14.5. The minimum Gasteiger partial charge on any atom is -0.372 e. The second-order valence-corrected chi connectivity index (χ2v) is 5.47. The fourth-order valence-corrected chi connectivity index (χ4v) is 2.75. The molecule has 1 fully saturated rings. The summed E-state index contributed by atoms with van der Waals surface area (Å²) in [5, 5.41) is 3.41. The molecule has 1 aromatic heterocycles. The summed E-state index contributed by atoms with van der Waals surface area (Å²) >= 11 is 0. The molecule has 1 N–H and O–H groups in total. The maximum absolute atomic E-state index is 5.81. The Hall–Kier alpha value is -1.36. The molecule has 0 unspecified atom stereocenters. The Morgan fingerprint density at radius 2 is 1.95 bits per heavy atom. The van der Waals surface area contributed by atoms with Crippen LogP contribution in [0, 0.1) is 0 Å². The van der Waals surface area contributed by atoms with Gasteiger partial charge in [-0.25, -0.2) is 9.97 Å². The molecule has 0 saturated carbocycles. The minimum absolute atomic E-state index is 0.241. The van der Waals surface area contributed by atoms with E-state index in [4.69, 9.17) is 4.74 Å². The van der Waals surface area contributed by atoms with E-state index in [2.05, 4.69) is 47.9 Å². The molecule has 0 radical (unpaired) electrons. The van der Waals surface area contributed by atoms with E-state index >= 15 is 0 Å². The second kappa shape index (κ2) is 6.88. The van der Waals surface area contributed by atoms with Crippen molar-refractivity contribution in [2.24, 2.45) is 0 Å². The van der Waals surface area contributed by atoms with Crippen molar-refractivity contribution >= 4 is 11.6 Å². The van der Waals surface area contributed by atoms with Gasteiger partial charge in [-0.3, -0.25) is 0 Å². The van der Waals surface area contributed by atoms with Crippen LogP contribution in [0.2, 0.25) is 0 Å². The van der Waals surface area contributed by atoms with E-state index in [0.29, 0.717) is 0 Å². The number of anilines is 2. The SMILES string of the molecule is CCCNc1ncnc(N2C[C@@H](C)O[C@@H](C)C2)c1CC. The Morgan fingerprint density at radius 3 is 2.55 bits per heavy atom. The van der Waals surface area contributed by atoms with E-state index in [-0.39, 0.29) is 12.2 Å². The van der Waals surface area contributed by atoms with Crippen LogP contribution in [0.15, 0.2) is 6.33 Å². The predicted molar refractivity (Wildman–Crippen MR) is 82.4 cm³/mol. The first kappa shape index (κ1) is 15.0. The molecular formula is C15H26N4O. The highest BCUT2D eigenvalue weighted by atomic mass is 16.5. The van der Waals surface area contributed by atoms with E-state index in [1.54, 1.807) is 6.33 Å². The van der Waals surface area contributed by atoms with Crippen molar-refractivity contribution in [1.29, 1.82) is 0 Å². The van der Waals surface area contributed by atoms with Gasteiger partial charge >= 0.3 is 0 Å². The van der Waals surface area contributed by atoms with Crippen molar-refractivity contribution < 1.29 is 4.74 Å². The molecule has 2 rings (SSSR count). The standard InChI is InChI=1S/C15H26N4O/c1-5-7-16-14-13(6-2)15(18-10-17-14)19-8-11(3)20-12(4)9-19/h10-12H,5-9H2,1-4H3,(H,16,17,18)/t11-,12+. The lowest BCUT2D eigenvalue weighted by Crippen LogP contribution is -2.46. The van der Waals surface area contributed by atoms with Crippen molar-refractivity contribution in [2.75, 3.05) is 29.9 Å². The van der Waals surface area contributed by atoms with Gasteiger partial charge in [-0.1, -0.05) is 13.8 Å². The van der Waals surface area contributed by atoms with Gasteiger partial charge < -0.3 is 15.0 Å². The Labute approximate surface area is 121 Å². The molecule has 5 nitrogen and oxygen atoms in total. The van der Waals surface area contributed by atoms with Gasteiger partial charge in [-0.05, 0) is 26.7 Å². The number of hydrogen-bond acceptors (Lipinski definition) is 5. The maximum Gasteiger partial charge on any atom is 0.137 e. The third kappa shape index (κ3) is 3.39. The van der Waals surface area contributed by atoms with Gasteiger partial charge in [-0.15, -0.1) is 0 Å². The van der Waals surface area contributed by atoms with Crippen LogP contribution in [-0.4, -0.2) is 41.8 Å². The van der Waals surface area contributed by atoms with Crippen molar-refractivity contribution in [2.45, 2.75) is 52.7 Å². The van der Waals surface area contributed by atoms with Gasteiger partial charge in [0, 0.05) is 25.2 Å². The Balaban J connectivity index is 2.25. The Kier molecular flexibility index (Phi) is 5.17. The average molecular weight is 278 g/mol. The van der Waals surface area contributed by atoms with Gasteiger partial charge in [0.1, 0.15) is 18.0 Å². The monoisotopic (exact) mass is 278 g/mol. The fourth-order valence-electron chi connectivity index (χ4n) is 2.75. The van der Waals surface area contributed by atoms with Crippen molar-refractivity contribution in [3.63, 3.8) is 0 Å². The predicted octanol–water partition coefficient (Wildman–Crippen LogP) is 2.47. The highest BCUT2D eigenvalue weighted by Crippen LogP contribution is 2.26.